The highest BCUT2D eigenvalue weighted by atomic mass is 16.6. The van der Waals surface area contributed by atoms with Crippen LogP contribution in [0.5, 0.6) is 5.75 Å². The van der Waals surface area contributed by atoms with Crippen LogP contribution >= 0.6 is 0 Å². The summed E-state index contributed by atoms with van der Waals surface area (Å²) < 4.78 is 5.20. The van der Waals surface area contributed by atoms with Gasteiger partial charge in [0.05, 0.1) is 17.6 Å². The zero-order chi connectivity index (χ0) is 11.3. The van der Waals surface area contributed by atoms with Crippen LogP contribution in [0.25, 0.3) is 0 Å². The molecule has 0 atom stereocenters. The molecule has 15 heavy (non-hydrogen) atoms. The topological polar surface area (TPSA) is 52.4 Å². The molecule has 0 aliphatic carbocycles. The highest BCUT2D eigenvalue weighted by molar-refractivity contribution is 5.46. The number of ether oxygens (including phenoxy) is 1. The van der Waals surface area contributed by atoms with Crippen LogP contribution in [0.4, 0.5) is 5.69 Å². The van der Waals surface area contributed by atoms with E-state index in [9.17, 15) is 10.1 Å². The van der Waals surface area contributed by atoms with Gasteiger partial charge >= 0.3 is 0 Å². The summed E-state index contributed by atoms with van der Waals surface area (Å²) in [6, 6.07) is 4.88. The molecule has 1 rings (SSSR count). The highest BCUT2D eigenvalue weighted by Crippen LogP contribution is 2.25. The lowest BCUT2D eigenvalue weighted by Crippen LogP contribution is -1.97. The maximum atomic E-state index is 10.8. The minimum absolute atomic E-state index is 0.0841. The van der Waals surface area contributed by atoms with E-state index >= 15 is 0 Å². The van der Waals surface area contributed by atoms with Gasteiger partial charge in [0.15, 0.2) is 0 Å². The van der Waals surface area contributed by atoms with Gasteiger partial charge in [0, 0.05) is 5.56 Å². The fourth-order valence-corrected chi connectivity index (χ4v) is 1.30. The zero-order valence-electron chi connectivity index (χ0n) is 8.60. The van der Waals surface area contributed by atoms with E-state index in [2.05, 4.69) is 6.58 Å². The molecule has 0 aliphatic rings. The lowest BCUT2D eigenvalue weighted by molar-refractivity contribution is -0.385. The average Bonchev–Trinajstić information content (AvgIpc) is 2.21. The molecular formula is C11H13NO3. The van der Waals surface area contributed by atoms with Crippen molar-refractivity contribution in [2.24, 2.45) is 0 Å². The molecule has 0 aliphatic heterocycles. The highest BCUT2D eigenvalue weighted by Gasteiger charge is 2.13. The molecule has 0 aromatic heterocycles. The normalized spacial score (nSPS) is 9.67. The van der Waals surface area contributed by atoms with Gasteiger partial charge in [-0.25, -0.2) is 0 Å². The van der Waals surface area contributed by atoms with Gasteiger partial charge in [-0.2, -0.15) is 0 Å². The van der Waals surface area contributed by atoms with E-state index in [0.717, 1.165) is 0 Å². The maximum Gasteiger partial charge on any atom is 0.276 e. The SMILES string of the molecule is C=CCc1ccc(OCC)cc1[N+](=O)[O-]. The van der Waals surface area contributed by atoms with Crippen molar-refractivity contribution in [2.75, 3.05) is 6.61 Å². The molecule has 0 saturated heterocycles. The van der Waals surface area contributed by atoms with Crippen molar-refractivity contribution < 1.29 is 9.66 Å². The Morgan fingerprint density at radius 3 is 2.87 bits per heavy atom. The molecule has 80 valence electrons. The molecule has 0 fully saturated rings. The Morgan fingerprint density at radius 1 is 1.60 bits per heavy atom. The second kappa shape index (κ2) is 5.14. The van der Waals surface area contributed by atoms with Crippen molar-refractivity contribution >= 4 is 5.69 Å². The number of rotatable bonds is 5. The van der Waals surface area contributed by atoms with Gasteiger partial charge in [-0.3, -0.25) is 10.1 Å². The van der Waals surface area contributed by atoms with Crippen molar-refractivity contribution in [3.8, 4) is 5.75 Å². The minimum atomic E-state index is -0.401. The zero-order valence-corrected chi connectivity index (χ0v) is 8.60. The summed E-state index contributed by atoms with van der Waals surface area (Å²) in [5.74, 6) is 0.525. The van der Waals surface area contributed by atoms with Crippen molar-refractivity contribution in [1.82, 2.24) is 0 Å². The summed E-state index contributed by atoms with van der Waals surface area (Å²) in [4.78, 5) is 10.4. The average molecular weight is 207 g/mol. The van der Waals surface area contributed by atoms with E-state index in [-0.39, 0.29) is 5.69 Å². The lowest BCUT2D eigenvalue weighted by Gasteiger charge is -2.04. The van der Waals surface area contributed by atoms with Crippen LogP contribution < -0.4 is 4.74 Å². The Hall–Kier alpha value is -1.84. The van der Waals surface area contributed by atoms with E-state index < -0.39 is 4.92 Å². The summed E-state index contributed by atoms with van der Waals surface area (Å²) in [5.41, 5.74) is 0.735. The fraction of sp³-hybridized carbons (Fsp3) is 0.273. The lowest BCUT2D eigenvalue weighted by atomic mass is 10.1. The standard InChI is InChI=1S/C11H13NO3/c1-3-5-9-6-7-10(15-4-2)8-11(9)12(13)14/h3,6-8H,1,4-5H2,2H3. The molecular weight excluding hydrogens is 194 g/mol. The Morgan fingerprint density at radius 2 is 2.33 bits per heavy atom. The number of allylic oxidation sites excluding steroid dienone is 1. The first kappa shape index (κ1) is 11.2. The molecule has 0 heterocycles. The number of hydrogen-bond donors (Lipinski definition) is 0. The summed E-state index contributed by atoms with van der Waals surface area (Å²) in [6.45, 7) is 5.90. The molecule has 0 saturated carbocycles. The maximum absolute atomic E-state index is 10.8. The monoisotopic (exact) mass is 207 g/mol. The van der Waals surface area contributed by atoms with Gasteiger partial charge < -0.3 is 4.74 Å². The Labute approximate surface area is 88.3 Å². The summed E-state index contributed by atoms with van der Waals surface area (Å²) in [6.07, 6.45) is 2.13. The Bertz CT molecular complexity index is 374. The molecule has 1 aromatic carbocycles. The van der Waals surface area contributed by atoms with Crippen LogP contribution in [0.1, 0.15) is 12.5 Å². The summed E-state index contributed by atoms with van der Waals surface area (Å²) >= 11 is 0. The molecule has 0 N–H and O–H groups in total. The quantitative estimate of drug-likeness (QED) is 0.423. The predicted octanol–water partition coefficient (Wildman–Crippen LogP) is 2.72. The first-order valence-electron chi connectivity index (χ1n) is 4.70. The van der Waals surface area contributed by atoms with Crippen molar-refractivity contribution in [2.45, 2.75) is 13.3 Å². The van der Waals surface area contributed by atoms with Crippen LogP contribution in [-0.2, 0) is 6.42 Å². The number of benzene rings is 1. The third-order valence-electron chi connectivity index (χ3n) is 1.93. The van der Waals surface area contributed by atoms with Crippen molar-refractivity contribution in [3.05, 3.63) is 46.5 Å². The molecule has 0 amide bonds. The van der Waals surface area contributed by atoms with Crippen molar-refractivity contribution in [1.29, 1.82) is 0 Å². The Balaban J connectivity index is 3.08. The summed E-state index contributed by atoms with van der Waals surface area (Å²) in [5, 5.41) is 10.8. The largest absolute Gasteiger partial charge is 0.494 e. The molecule has 0 bridgehead atoms. The third kappa shape index (κ3) is 2.80. The van der Waals surface area contributed by atoms with E-state index in [4.69, 9.17) is 4.74 Å². The van der Waals surface area contributed by atoms with Gasteiger partial charge in [0.1, 0.15) is 5.75 Å². The van der Waals surface area contributed by atoms with Crippen LogP contribution in [0.3, 0.4) is 0 Å². The van der Waals surface area contributed by atoms with Gasteiger partial charge in [-0.15, -0.1) is 6.58 Å². The second-order valence-electron chi connectivity index (χ2n) is 2.97. The van der Waals surface area contributed by atoms with Crippen LogP contribution in [-0.4, -0.2) is 11.5 Å². The molecule has 4 nitrogen and oxygen atoms in total. The fourth-order valence-electron chi connectivity index (χ4n) is 1.30. The van der Waals surface area contributed by atoms with Gasteiger partial charge in [-0.1, -0.05) is 6.08 Å². The number of hydrogen-bond acceptors (Lipinski definition) is 3. The second-order valence-corrected chi connectivity index (χ2v) is 2.97. The van der Waals surface area contributed by atoms with Crippen LogP contribution in [0.2, 0.25) is 0 Å². The molecule has 0 unspecified atom stereocenters. The Kier molecular flexibility index (Phi) is 3.85. The minimum Gasteiger partial charge on any atom is -0.494 e. The van der Waals surface area contributed by atoms with Crippen molar-refractivity contribution in [3.63, 3.8) is 0 Å². The predicted molar refractivity (Wildman–Crippen MR) is 58.2 cm³/mol. The molecule has 1 aromatic rings. The number of nitro benzene ring substituents is 1. The summed E-state index contributed by atoms with van der Waals surface area (Å²) in [7, 11) is 0. The van der Waals surface area contributed by atoms with E-state index in [1.165, 1.54) is 6.07 Å². The number of nitrogens with zero attached hydrogens (tertiary/aromatic N) is 1. The molecule has 0 radical (unpaired) electrons. The van der Waals surface area contributed by atoms with Gasteiger partial charge in [0.2, 0.25) is 0 Å². The molecule has 4 heteroatoms. The van der Waals surface area contributed by atoms with Crippen LogP contribution in [0, 0.1) is 10.1 Å². The van der Waals surface area contributed by atoms with E-state index in [0.29, 0.717) is 24.3 Å². The van der Waals surface area contributed by atoms with Crippen LogP contribution in [0.15, 0.2) is 30.9 Å². The third-order valence-corrected chi connectivity index (χ3v) is 1.93. The van der Waals surface area contributed by atoms with Gasteiger partial charge in [0.25, 0.3) is 5.69 Å². The molecule has 0 spiro atoms. The van der Waals surface area contributed by atoms with E-state index in [1.807, 2.05) is 6.92 Å². The number of nitro groups is 1. The first-order chi connectivity index (χ1) is 7.19. The first-order valence-corrected chi connectivity index (χ1v) is 4.70. The van der Waals surface area contributed by atoms with Gasteiger partial charge in [-0.05, 0) is 25.5 Å². The van der Waals surface area contributed by atoms with E-state index in [1.54, 1.807) is 18.2 Å². The smallest absolute Gasteiger partial charge is 0.276 e.